The largest absolute Gasteiger partial charge is 0.494 e. The molecule has 1 heterocycles. The fraction of sp³-hybridized carbons (Fsp3) is 0.364. The van der Waals surface area contributed by atoms with Gasteiger partial charge < -0.3 is 30.1 Å². The average Bonchev–Trinajstić information content (AvgIpc) is 2.82. The van der Waals surface area contributed by atoms with Crippen LogP contribution in [0.5, 0.6) is 5.75 Å². The summed E-state index contributed by atoms with van der Waals surface area (Å²) in [7, 11) is 0. The number of aliphatic hydroxyl groups excluding tert-OH is 3. The van der Waals surface area contributed by atoms with Gasteiger partial charge in [0.1, 0.15) is 35.2 Å². The number of nitrogens with zero attached hydrogens (tertiary/aromatic N) is 1. The summed E-state index contributed by atoms with van der Waals surface area (Å²) in [4.78, 5) is 0.705. The smallest absolute Gasteiger partial charge is 0.194 e. The molecule has 5 N–H and O–H groups in total. The van der Waals surface area contributed by atoms with Gasteiger partial charge in [-0.3, -0.25) is 0 Å². The summed E-state index contributed by atoms with van der Waals surface area (Å²) in [5.41, 5.74) is 5.88. The summed E-state index contributed by atoms with van der Waals surface area (Å²) in [5, 5.41) is 37.0. The third kappa shape index (κ3) is 5.88. The highest BCUT2D eigenvalue weighted by Gasteiger charge is 2.44. The fourth-order valence-electron chi connectivity index (χ4n) is 3.38. The van der Waals surface area contributed by atoms with E-state index in [4.69, 9.17) is 15.0 Å². The number of ether oxygens (including phenoxy) is 2. The fourth-order valence-corrected chi connectivity index (χ4v) is 4.49. The molecule has 0 aliphatic carbocycles. The molecule has 12 heteroatoms. The Bertz CT molecular complexity index is 1020. The van der Waals surface area contributed by atoms with Crippen molar-refractivity contribution < 1.29 is 38.0 Å². The molecule has 0 spiro atoms. The van der Waals surface area contributed by atoms with Crippen LogP contribution in [0.4, 0.5) is 13.2 Å². The van der Waals surface area contributed by atoms with E-state index in [0.717, 1.165) is 18.0 Å². The molecular formula is C22H24F3N3O5S. The second-order valence-electron chi connectivity index (χ2n) is 7.32. The maximum atomic E-state index is 13.6. The standard InChI is InChI=1S/C22H24F3N3O5S/c1-2-32-12-4-3-5-13(8-12)34-22-21(31)19(20(30)17(10-29)33-22)27-9-16(28-26)11-6-14(23)18(25)15(24)7-11/h3-9,17,19-22,26-27,29-31H,2,10H2,1H3/b16-9-,28-26?/t17?,19?,20-,21?,22+/m0/s1. The van der Waals surface area contributed by atoms with E-state index in [9.17, 15) is 28.5 Å². The second kappa shape index (κ2) is 11.7. The highest BCUT2D eigenvalue weighted by Crippen LogP contribution is 2.35. The summed E-state index contributed by atoms with van der Waals surface area (Å²) in [5.74, 6) is -3.95. The molecule has 34 heavy (non-hydrogen) atoms. The lowest BCUT2D eigenvalue weighted by Gasteiger charge is -2.42. The van der Waals surface area contributed by atoms with Gasteiger partial charge in [-0.05, 0) is 37.3 Å². The summed E-state index contributed by atoms with van der Waals surface area (Å²) in [6.07, 6.45) is -2.69. The van der Waals surface area contributed by atoms with Gasteiger partial charge in [0.05, 0.1) is 19.3 Å². The van der Waals surface area contributed by atoms with Crippen molar-refractivity contribution in [3.63, 3.8) is 0 Å². The Morgan fingerprint density at radius 1 is 1.21 bits per heavy atom. The minimum Gasteiger partial charge on any atom is -0.494 e. The number of thioether (sulfide) groups is 1. The maximum Gasteiger partial charge on any atom is 0.194 e. The van der Waals surface area contributed by atoms with E-state index >= 15 is 0 Å². The number of benzene rings is 2. The first-order valence-electron chi connectivity index (χ1n) is 10.3. The van der Waals surface area contributed by atoms with Crippen molar-refractivity contribution in [2.45, 2.75) is 41.6 Å². The number of rotatable bonds is 9. The van der Waals surface area contributed by atoms with Crippen molar-refractivity contribution in [3.8, 4) is 5.75 Å². The van der Waals surface area contributed by atoms with Gasteiger partial charge >= 0.3 is 0 Å². The minimum absolute atomic E-state index is 0.229. The first kappa shape index (κ1) is 26.0. The van der Waals surface area contributed by atoms with Crippen LogP contribution in [0, 0.1) is 23.0 Å². The van der Waals surface area contributed by atoms with Gasteiger partial charge in [-0.25, -0.2) is 18.7 Å². The molecule has 0 amide bonds. The van der Waals surface area contributed by atoms with E-state index in [0.29, 0.717) is 29.4 Å². The Morgan fingerprint density at radius 2 is 1.91 bits per heavy atom. The number of aliphatic hydroxyl groups is 3. The van der Waals surface area contributed by atoms with Crippen LogP contribution in [0.1, 0.15) is 12.5 Å². The summed E-state index contributed by atoms with van der Waals surface area (Å²) in [6.45, 7) is 1.77. The zero-order valence-corrected chi connectivity index (χ0v) is 18.8. The molecule has 1 fully saturated rings. The molecular weight excluding hydrogens is 475 g/mol. The lowest BCUT2D eigenvalue weighted by atomic mass is 9.97. The molecule has 1 aliphatic rings. The Balaban J connectivity index is 1.82. The van der Waals surface area contributed by atoms with E-state index in [1.54, 1.807) is 24.3 Å². The number of halogens is 3. The first-order valence-corrected chi connectivity index (χ1v) is 11.2. The number of hydrogen-bond acceptors (Lipinski definition) is 9. The van der Waals surface area contributed by atoms with Gasteiger partial charge in [-0.2, -0.15) is 5.11 Å². The number of nitrogens with one attached hydrogen (secondary N) is 2. The van der Waals surface area contributed by atoms with Crippen LogP contribution in [0.3, 0.4) is 0 Å². The van der Waals surface area contributed by atoms with Gasteiger partial charge in [-0.15, -0.1) is 0 Å². The molecule has 2 aromatic carbocycles. The molecule has 0 saturated carbocycles. The quantitative estimate of drug-likeness (QED) is 0.265. The van der Waals surface area contributed by atoms with Crippen molar-refractivity contribution >= 4 is 17.5 Å². The molecule has 0 bridgehead atoms. The van der Waals surface area contributed by atoms with Gasteiger partial charge in [0.2, 0.25) is 0 Å². The zero-order valence-electron chi connectivity index (χ0n) is 18.0. The van der Waals surface area contributed by atoms with Crippen molar-refractivity contribution in [1.82, 2.24) is 5.32 Å². The Hall–Kier alpha value is -2.64. The van der Waals surface area contributed by atoms with Crippen molar-refractivity contribution in [1.29, 1.82) is 5.53 Å². The van der Waals surface area contributed by atoms with Crippen LogP contribution >= 0.6 is 11.8 Å². The molecule has 0 radical (unpaired) electrons. The van der Waals surface area contributed by atoms with E-state index in [2.05, 4.69) is 10.4 Å². The van der Waals surface area contributed by atoms with E-state index < -0.39 is 53.8 Å². The van der Waals surface area contributed by atoms with Crippen LogP contribution in [0.25, 0.3) is 5.70 Å². The van der Waals surface area contributed by atoms with Crippen LogP contribution in [-0.4, -0.2) is 58.3 Å². The van der Waals surface area contributed by atoms with Gasteiger partial charge in [0, 0.05) is 16.7 Å². The molecule has 5 atom stereocenters. The number of hydrogen-bond donors (Lipinski definition) is 5. The Labute approximate surface area is 197 Å². The molecule has 184 valence electrons. The van der Waals surface area contributed by atoms with Crippen molar-refractivity contribution in [3.05, 3.63) is 65.6 Å². The van der Waals surface area contributed by atoms with E-state index in [1.165, 1.54) is 0 Å². The van der Waals surface area contributed by atoms with E-state index in [1.807, 2.05) is 6.92 Å². The van der Waals surface area contributed by atoms with E-state index in [-0.39, 0.29) is 11.3 Å². The van der Waals surface area contributed by atoms with Crippen LogP contribution < -0.4 is 10.1 Å². The summed E-state index contributed by atoms with van der Waals surface area (Å²) >= 11 is 1.14. The molecule has 2 aromatic rings. The van der Waals surface area contributed by atoms with Gasteiger partial charge in [0.15, 0.2) is 17.5 Å². The predicted octanol–water partition coefficient (Wildman–Crippen LogP) is 3.02. The van der Waals surface area contributed by atoms with Gasteiger partial charge in [0.25, 0.3) is 0 Å². The second-order valence-corrected chi connectivity index (χ2v) is 8.49. The van der Waals surface area contributed by atoms with Crippen molar-refractivity contribution in [2.75, 3.05) is 13.2 Å². The molecule has 3 rings (SSSR count). The SMILES string of the molecule is CCOc1cccc(S[C@H]2OC(CO)[C@H](O)C(N/C=C(\N=N)c3cc(F)c(F)c(F)c3)C2O)c1. The predicted molar refractivity (Wildman–Crippen MR) is 118 cm³/mol. The molecule has 0 aromatic heterocycles. The first-order chi connectivity index (χ1) is 16.3. The summed E-state index contributed by atoms with van der Waals surface area (Å²) < 4.78 is 51.6. The highest BCUT2D eigenvalue weighted by molar-refractivity contribution is 7.99. The minimum atomic E-state index is -1.66. The molecule has 1 aliphatic heterocycles. The normalized spacial score (nSPS) is 25.1. The lowest BCUT2D eigenvalue weighted by Crippen LogP contribution is -2.61. The zero-order chi connectivity index (χ0) is 24.8. The molecule has 3 unspecified atom stereocenters. The Kier molecular flexibility index (Phi) is 8.91. The van der Waals surface area contributed by atoms with Gasteiger partial charge in [-0.1, -0.05) is 17.8 Å². The van der Waals surface area contributed by atoms with Crippen LogP contribution in [-0.2, 0) is 4.74 Å². The van der Waals surface area contributed by atoms with Crippen molar-refractivity contribution in [2.24, 2.45) is 5.11 Å². The maximum absolute atomic E-state index is 13.6. The third-order valence-electron chi connectivity index (χ3n) is 5.07. The summed E-state index contributed by atoms with van der Waals surface area (Å²) in [6, 6.07) is 7.30. The van der Waals surface area contributed by atoms with Crippen LogP contribution in [0.2, 0.25) is 0 Å². The lowest BCUT2D eigenvalue weighted by molar-refractivity contribution is -0.164. The molecule has 1 saturated heterocycles. The highest BCUT2D eigenvalue weighted by atomic mass is 32.2. The third-order valence-corrected chi connectivity index (χ3v) is 6.21. The monoisotopic (exact) mass is 499 g/mol. The molecule has 8 nitrogen and oxygen atoms in total. The topological polar surface area (TPSA) is 127 Å². The average molecular weight is 500 g/mol. The van der Waals surface area contributed by atoms with Crippen LogP contribution in [0.15, 0.2) is 52.6 Å². The Morgan fingerprint density at radius 3 is 2.53 bits per heavy atom.